The predicted molar refractivity (Wildman–Crippen MR) is 95.8 cm³/mol. The number of rotatable bonds is 8. The van der Waals surface area contributed by atoms with E-state index in [-0.39, 0.29) is 5.91 Å². The Kier molecular flexibility index (Phi) is 6.94. The van der Waals surface area contributed by atoms with Crippen molar-refractivity contribution in [3.05, 3.63) is 58.6 Å². The van der Waals surface area contributed by atoms with Gasteiger partial charge in [-0.1, -0.05) is 29.8 Å². The van der Waals surface area contributed by atoms with Gasteiger partial charge in [-0.2, -0.15) is 0 Å². The highest BCUT2D eigenvalue weighted by Crippen LogP contribution is 2.22. The van der Waals surface area contributed by atoms with Crippen molar-refractivity contribution in [1.82, 2.24) is 5.32 Å². The zero-order chi connectivity index (χ0) is 17.4. The quantitative estimate of drug-likeness (QED) is 0.730. The van der Waals surface area contributed by atoms with Gasteiger partial charge < -0.3 is 14.8 Å². The van der Waals surface area contributed by atoms with Crippen molar-refractivity contribution in [3.63, 3.8) is 0 Å². The molecule has 0 aliphatic carbocycles. The summed E-state index contributed by atoms with van der Waals surface area (Å²) in [4.78, 5) is 11.9. The topological polar surface area (TPSA) is 47.6 Å². The van der Waals surface area contributed by atoms with E-state index in [0.717, 1.165) is 22.6 Å². The van der Waals surface area contributed by atoms with Crippen LogP contribution in [0.4, 0.5) is 0 Å². The number of nitrogens with one attached hydrogen (secondary N) is 1. The van der Waals surface area contributed by atoms with E-state index in [1.807, 2.05) is 43.3 Å². The molecule has 0 bridgehead atoms. The zero-order valence-electron chi connectivity index (χ0n) is 14.0. The lowest BCUT2D eigenvalue weighted by molar-refractivity contribution is -0.121. The van der Waals surface area contributed by atoms with E-state index < -0.39 is 0 Å². The Balaban J connectivity index is 1.70. The summed E-state index contributed by atoms with van der Waals surface area (Å²) in [6.07, 6.45) is 1.07. The van der Waals surface area contributed by atoms with Gasteiger partial charge in [0.1, 0.15) is 11.5 Å². The zero-order valence-corrected chi connectivity index (χ0v) is 14.7. The number of para-hydroxylation sites is 1. The summed E-state index contributed by atoms with van der Waals surface area (Å²) in [5.74, 6) is 1.57. The van der Waals surface area contributed by atoms with Crippen LogP contribution in [-0.4, -0.2) is 19.6 Å². The summed E-state index contributed by atoms with van der Waals surface area (Å²) in [6.45, 7) is 2.89. The van der Waals surface area contributed by atoms with E-state index in [1.165, 1.54) is 0 Å². The minimum absolute atomic E-state index is 0.00247. The molecule has 2 aromatic carbocycles. The monoisotopic (exact) mass is 347 g/mol. The van der Waals surface area contributed by atoms with E-state index >= 15 is 0 Å². The van der Waals surface area contributed by atoms with Gasteiger partial charge in [0, 0.05) is 23.6 Å². The molecule has 1 amide bonds. The van der Waals surface area contributed by atoms with Crippen molar-refractivity contribution in [2.75, 3.05) is 13.7 Å². The third kappa shape index (κ3) is 5.46. The number of benzene rings is 2. The van der Waals surface area contributed by atoms with Crippen LogP contribution in [0, 0.1) is 6.92 Å². The molecule has 2 aromatic rings. The number of hydrogen-bond donors (Lipinski definition) is 1. The number of ether oxygens (including phenoxy) is 2. The maximum Gasteiger partial charge on any atom is 0.220 e. The third-order valence-corrected chi connectivity index (χ3v) is 3.85. The lowest BCUT2D eigenvalue weighted by Crippen LogP contribution is -2.23. The van der Waals surface area contributed by atoms with E-state index in [4.69, 9.17) is 21.1 Å². The van der Waals surface area contributed by atoms with Crippen molar-refractivity contribution >= 4 is 17.5 Å². The van der Waals surface area contributed by atoms with Gasteiger partial charge in [0.15, 0.2) is 0 Å². The van der Waals surface area contributed by atoms with Crippen molar-refractivity contribution in [2.24, 2.45) is 0 Å². The molecule has 5 heteroatoms. The molecule has 0 saturated heterocycles. The van der Waals surface area contributed by atoms with Crippen molar-refractivity contribution in [3.8, 4) is 11.5 Å². The van der Waals surface area contributed by atoms with E-state index in [2.05, 4.69) is 5.32 Å². The first kappa shape index (κ1) is 18.1. The van der Waals surface area contributed by atoms with Crippen LogP contribution in [0.5, 0.6) is 11.5 Å². The molecule has 2 rings (SSSR count). The second-order valence-electron chi connectivity index (χ2n) is 5.45. The van der Waals surface area contributed by atoms with Crippen LogP contribution in [-0.2, 0) is 11.3 Å². The Morgan fingerprint density at radius 1 is 1.17 bits per heavy atom. The fourth-order valence-corrected chi connectivity index (χ4v) is 2.55. The first-order chi connectivity index (χ1) is 11.6. The molecule has 1 N–H and O–H groups in total. The molecule has 4 nitrogen and oxygen atoms in total. The summed E-state index contributed by atoms with van der Waals surface area (Å²) in [5, 5.41) is 3.59. The molecule has 0 atom stereocenters. The van der Waals surface area contributed by atoms with Gasteiger partial charge in [0.05, 0.1) is 13.7 Å². The average Bonchev–Trinajstić information content (AvgIpc) is 2.58. The van der Waals surface area contributed by atoms with Gasteiger partial charge in [-0.05, 0) is 43.2 Å². The van der Waals surface area contributed by atoms with E-state index in [0.29, 0.717) is 31.0 Å². The highest BCUT2D eigenvalue weighted by Gasteiger charge is 2.06. The molecule has 0 spiro atoms. The number of amides is 1. The third-order valence-electron chi connectivity index (χ3n) is 3.61. The van der Waals surface area contributed by atoms with Crippen molar-refractivity contribution < 1.29 is 14.3 Å². The molecule has 0 aromatic heterocycles. The average molecular weight is 348 g/mol. The number of carbonyl (C=O) groups is 1. The van der Waals surface area contributed by atoms with Crippen molar-refractivity contribution in [2.45, 2.75) is 26.3 Å². The molecule has 0 fully saturated rings. The van der Waals surface area contributed by atoms with Gasteiger partial charge in [-0.3, -0.25) is 4.79 Å². The molecule has 0 unspecified atom stereocenters. The Morgan fingerprint density at radius 3 is 2.71 bits per heavy atom. The fraction of sp³-hybridized carbons (Fsp3) is 0.316. The van der Waals surface area contributed by atoms with Crippen LogP contribution >= 0.6 is 11.6 Å². The summed E-state index contributed by atoms with van der Waals surface area (Å²) < 4.78 is 10.9. The van der Waals surface area contributed by atoms with Crippen LogP contribution in [0.1, 0.15) is 24.0 Å². The van der Waals surface area contributed by atoms with Crippen LogP contribution < -0.4 is 14.8 Å². The van der Waals surface area contributed by atoms with Crippen LogP contribution in [0.2, 0.25) is 5.02 Å². The smallest absolute Gasteiger partial charge is 0.220 e. The Labute approximate surface area is 147 Å². The van der Waals surface area contributed by atoms with Gasteiger partial charge >= 0.3 is 0 Å². The number of halogens is 1. The second kappa shape index (κ2) is 9.18. The number of hydrogen-bond acceptors (Lipinski definition) is 3. The maximum atomic E-state index is 11.9. The normalized spacial score (nSPS) is 10.3. The fourth-order valence-electron chi connectivity index (χ4n) is 2.32. The van der Waals surface area contributed by atoms with E-state index in [9.17, 15) is 4.79 Å². The standard InChI is InChI=1S/C19H22ClNO3/c1-14-12-16(20)9-10-17(14)24-11-5-8-19(22)21-13-15-6-3-4-7-18(15)23-2/h3-4,6-7,9-10,12H,5,8,11,13H2,1-2H3,(H,21,22). The lowest BCUT2D eigenvalue weighted by Gasteiger charge is -2.11. The summed E-state index contributed by atoms with van der Waals surface area (Å²) in [7, 11) is 1.62. The predicted octanol–water partition coefficient (Wildman–Crippen LogP) is 4.13. The second-order valence-corrected chi connectivity index (χ2v) is 5.89. The summed E-state index contributed by atoms with van der Waals surface area (Å²) in [5.41, 5.74) is 1.95. The SMILES string of the molecule is COc1ccccc1CNC(=O)CCCOc1ccc(Cl)cc1C. The maximum absolute atomic E-state index is 11.9. The molecule has 0 saturated carbocycles. The van der Waals surface area contributed by atoms with Crippen LogP contribution in [0.3, 0.4) is 0 Å². The molecular formula is C19H22ClNO3. The molecular weight excluding hydrogens is 326 g/mol. The molecule has 0 heterocycles. The van der Waals surface area contributed by atoms with Crippen LogP contribution in [0.25, 0.3) is 0 Å². The van der Waals surface area contributed by atoms with Gasteiger partial charge in [-0.25, -0.2) is 0 Å². The minimum atomic E-state index is -0.00247. The largest absolute Gasteiger partial charge is 0.496 e. The molecule has 0 radical (unpaired) electrons. The van der Waals surface area contributed by atoms with Crippen LogP contribution in [0.15, 0.2) is 42.5 Å². The minimum Gasteiger partial charge on any atom is -0.496 e. The molecule has 0 aliphatic heterocycles. The first-order valence-electron chi connectivity index (χ1n) is 7.87. The number of carbonyl (C=O) groups excluding carboxylic acids is 1. The first-order valence-corrected chi connectivity index (χ1v) is 8.25. The number of aryl methyl sites for hydroxylation is 1. The highest BCUT2D eigenvalue weighted by molar-refractivity contribution is 6.30. The number of methoxy groups -OCH3 is 1. The lowest BCUT2D eigenvalue weighted by atomic mass is 10.2. The Hall–Kier alpha value is -2.20. The van der Waals surface area contributed by atoms with Crippen molar-refractivity contribution in [1.29, 1.82) is 0 Å². The molecule has 0 aliphatic rings. The molecule has 128 valence electrons. The summed E-state index contributed by atoms with van der Waals surface area (Å²) >= 11 is 5.91. The van der Waals surface area contributed by atoms with Gasteiger partial charge in [-0.15, -0.1) is 0 Å². The molecule has 24 heavy (non-hydrogen) atoms. The summed E-state index contributed by atoms with van der Waals surface area (Å²) in [6, 6.07) is 13.1. The van der Waals surface area contributed by atoms with Gasteiger partial charge in [0.25, 0.3) is 0 Å². The Bertz CT molecular complexity index is 688. The highest BCUT2D eigenvalue weighted by atomic mass is 35.5. The van der Waals surface area contributed by atoms with E-state index in [1.54, 1.807) is 13.2 Å². The Morgan fingerprint density at radius 2 is 1.96 bits per heavy atom. The van der Waals surface area contributed by atoms with Gasteiger partial charge in [0.2, 0.25) is 5.91 Å².